The second-order valence-corrected chi connectivity index (χ2v) is 14.8. The van der Waals surface area contributed by atoms with Crippen LogP contribution in [0.3, 0.4) is 0 Å². The van der Waals surface area contributed by atoms with Crippen molar-refractivity contribution in [1.29, 1.82) is 0 Å². The monoisotopic (exact) mass is 834 g/mol. The number of hydrogen-bond acceptors (Lipinski definition) is 7. The maximum atomic E-state index is 10.4. The van der Waals surface area contributed by atoms with Gasteiger partial charge in [0.1, 0.15) is 17.3 Å². The first-order valence-corrected chi connectivity index (χ1v) is 21.1. The van der Waals surface area contributed by atoms with Gasteiger partial charge in [0.05, 0.1) is 20.8 Å². The van der Waals surface area contributed by atoms with Crippen molar-refractivity contribution in [3.63, 3.8) is 0 Å². The summed E-state index contributed by atoms with van der Waals surface area (Å²) in [5.41, 5.74) is 11.1. The first kappa shape index (κ1) is 44.9. The second kappa shape index (κ2) is 23.4. The Bertz CT molecular complexity index is 2340. The van der Waals surface area contributed by atoms with Crippen LogP contribution in [-0.2, 0) is 14.3 Å². The first-order valence-electron chi connectivity index (χ1n) is 21.1. The van der Waals surface area contributed by atoms with Crippen LogP contribution < -0.4 is 19.3 Å². The van der Waals surface area contributed by atoms with E-state index in [1.165, 1.54) is 6.92 Å². The summed E-state index contributed by atoms with van der Waals surface area (Å²) in [6.45, 7) is 3.37. The molecule has 0 bridgehead atoms. The molecule has 7 rings (SSSR count). The van der Waals surface area contributed by atoms with Crippen molar-refractivity contribution in [2.75, 3.05) is 30.6 Å². The van der Waals surface area contributed by atoms with Gasteiger partial charge in [-0.1, -0.05) is 109 Å². The molecule has 0 atom stereocenters. The lowest BCUT2D eigenvalue weighted by Crippen LogP contribution is -2.09. The van der Waals surface area contributed by atoms with Crippen molar-refractivity contribution in [3.05, 3.63) is 204 Å². The number of rotatable bonds is 17. The molecule has 318 valence electrons. The summed E-state index contributed by atoms with van der Waals surface area (Å²) in [5, 5.41) is 0. The zero-order valence-electron chi connectivity index (χ0n) is 36.4. The van der Waals surface area contributed by atoms with Gasteiger partial charge < -0.3 is 28.8 Å². The molecule has 7 aromatic carbocycles. The third kappa shape index (κ3) is 13.7. The summed E-state index contributed by atoms with van der Waals surface area (Å²) in [6, 6.07) is 63.0. The van der Waals surface area contributed by atoms with Crippen molar-refractivity contribution >= 4 is 70.2 Å². The minimum Gasteiger partial charge on any atom is -0.497 e. The van der Waals surface area contributed by atoms with Crippen LogP contribution in [0.5, 0.6) is 11.5 Å². The number of ketones is 1. The Morgan fingerprint density at radius 1 is 0.413 bits per heavy atom. The zero-order chi connectivity index (χ0) is 44.2. The summed E-state index contributed by atoms with van der Waals surface area (Å²) < 4.78 is 15.4. The van der Waals surface area contributed by atoms with Crippen LogP contribution in [0.2, 0.25) is 0 Å². The number of ether oxygens (including phenoxy) is 3. The molecule has 0 spiro atoms. The van der Waals surface area contributed by atoms with E-state index in [1.54, 1.807) is 21.1 Å². The predicted molar refractivity (Wildman–Crippen MR) is 261 cm³/mol. The third-order valence-corrected chi connectivity index (χ3v) is 10.1. The van der Waals surface area contributed by atoms with Gasteiger partial charge in [-0.3, -0.25) is 4.79 Å². The molecule has 7 heteroatoms. The van der Waals surface area contributed by atoms with Gasteiger partial charge in [-0.15, -0.1) is 0 Å². The number of methoxy groups -OCH3 is 2. The summed E-state index contributed by atoms with van der Waals surface area (Å²) in [5.74, 6) is 1.61. The average molecular weight is 835 g/mol. The summed E-state index contributed by atoms with van der Waals surface area (Å²) in [4.78, 5) is 25.2. The SMILES string of the molecule is CC(=O)CCCCOC(C)=O.COc1ccc(N(c2ccccc2)c2ccc(C=Cc3ccc(C=Cc4ccc(N(c5ccccc5)c5ccc(OC)cc5)cc4)cc3)cc2)cc1. The molecule has 0 aliphatic heterocycles. The van der Waals surface area contributed by atoms with E-state index in [1.807, 2.05) is 36.4 Å². The van der Waals surface area contributed by atoms with Crippen molar-refractivity contribution in [3.8, 4) is 11.5 Å². The number of anilines is 6. The molecule has 7 aromatic rings. The molecule has 0 amide bonds. The van der Waals surface area contributed by atoms with E-state index in [9.17, 15) is 9.59 Å². The molecule has 0 radical (unpaired) electrons. The van der Waals surface area contributed by atoms with Crippen molar-refractivity contribution in [1.82, 2.24) is 0 Å². The fourth-order valence-electron chi connectivity index (χ4n) is 6.78. The number of unbranched alkanes of at least 4 members (excludes halogenated alkanes) is 1. The van der Waals surface area contributed by atoms with Gasteiger partial charge in [0.2, 0.25) is 0 Å². The second-order valence-electron chi connectivity index (χ2n) is 14.8. The number of carbonyl (C=O) groups is 2. The number of para-hydroxylation sites is 2. The summed E-state index contributed by atoms with van der Waals surface area (Å²) >= 11 is 0. The minimum atomic E-state index is -0.257. The van der Waals surface area contributed by atoms with Crippen LogP contribution in [0.1, 0.15) is 55.4 Å². The molecule has 0 aromatic heterocycles. The number of benzene rings is 7. The largest absolute Gasteiger partial charge is 0.497 e. The molecule has 0 aliphatic rings. The van der Waals surface area contributed by atoms with Gasteiger partial charge in [0.25, 0.3) is 0 Å². The quantitative estimate of drug-likeness (QED) is 0.0514. The number of carbonyl (C=O) groups excluding carboxylic acids is 2. The first-order chi connectivity index (χ1) is 30.8. The number of hydrogen-bond donors (Lipinski definition) is 0. The Morgan fingerprint density at radius 3 is 1.02 bits per heavy atom. The molecule has 0 N–H and O–H groups in total. The van der Waals surface area contributed by atoms with Gasteiger partial charge in [0, 0.05) is 47.5 Å². The standard InChI is InChI=1S/C48H40N2O2.C8H14O3/c1-51-47-33-29-45(30-34-47)49(41-9-5-3-6-10-41)43-25-21-39(22-26-43)19-17-37-13-15-38(16-14-37)18-20-40-23-27-44(28-24-40)50(42-11-7-4-8-12-42)46-31-35-48(52-2)36-32-46;1-7(9)5-3-4-6-11-8(2)10/h3-36H,1-2H3;3-6H2,1-2H3. The molecule has 0 unspecified atom stereocenters. The van der Waals surface area contributed by atoms with Crippen molar-refractivity contribution < 1.29 is 23.8 Å². The molecule has 7 nitrogen and oxygen atoms in total. The Hall–Kier alpha value is -7.64. The Morgan fingerprint density at radius 2 is 0.714 bits per heavy atom. The van der Waals surface area contributed by atoms with Crippen LogP contribution in [-0.4, -0.2) is 32.6 Å². The van der Waals surface area contributed by atoms with Gasteiger partial charge >= 0.3 is 5.97 Å². The molecule has 0 aliphatic carbocycles. The van der Waals surface area contributed by atoms with E-state index in [-0.39, 0.29) is 11.8 Å². The summed E-state index contributed by atoms with van der Waals surface area (Å²) in [7, 11) is 3.38. The van der Waals surface area contributed by atoms with Gasteiger partial charge in [-0.2, -0.15) is 0 Å². The van der Waals surface area contributed by atoms with Crippen LogP contribution in [0.25, 0.3) is 24.3 Å². The van der Waals surface area contributed by atoms with Crippen molar-refractivity contribution in [2.24, 2.45) is 0 Å². The Balaban J connectivity index is 0.000000531. The minimum absolute atomic E-state index is 0.188. The zero-order valence-corrected chi connectivity index (χ0v) is 36.4. The average Bonchev–Trinajstić information content (AvgIpc) is 3.32. The number of Topliss-reactive ketones (excluding diaryl/α,β-unsaturated/α-hetero) is 1. The molecule has 0 saturated carbocycles. The Kier molecular flexibility index (Phi) is 16.7. The van der Waals surface area contributed by atoms with E-state index >= 15 is 0 Å². The normalized spacial score (nSPS) is 10.8. The predicted octanol–water partition coefficient (Wildman–Crippen LogP) is 14.3. The van der Waals surface area contributed by atoms with E-state index in [2.05, 4.69) is 184 Å². The fourth-order valence-corrected chi connectivity index (χ4v) is 6.78. The molecule has 0 heterocycles. The highest BCUT2D eigenvalue weighted by Gasteiger charge is 2.13. The lowest BCUT2D eigenvalue weighted by molar-refractivity contribution is -0.141. The summed E-state index contributed by atoms with van der Waals surface area (Å²) in [6.07, 6.45) is 10.8. The van der Waals surface area contributed by atoms with E-state index < -0.39 is 0 Å². The molecular weight excluding hydrogens is 781 g/mol. The van der Waals surface area contributed by atoms with Crippen LogP contribution in [0.15, 0.2) is 182 Å². The van der Waals surface area contributed by atoms with Gasteiger partial charge in [0.15, 0.2) is 0 Å². The van der Waals surface area contributed by atoms with E-state index in [0.29, 0.717) is 13.0 Å². The molecular formula is C56H54N2O5. The number of esters is 1. The number of nitrogens with zero attached hydrogens (tertiary/aromatic N) is 2. The van der Waals surface area contributed by atoms with Crippen molar-refractivity contribution in [2.45, 2.75) is 33.1 Å². The molecule has 0 fully saturated rings. The Labute approximate surface area is 372 Å². The topological polar surface area (TPSA) is 68.3 Å². The lowest BCUT2D eigenvalue weighted by Gasteiger charge is -2.25. The van der Waals surface area contributed by atoms with E-state index in [4.69, 9.17) is 9.47 Å². The molecule has 63 heavy (non-hydrogen) atoms. The highest BCUT2D eigenvalue weighted by molar-refractivity contribution is 5.80. The highest BCUT2D eigenvalue weighted by Crippen LogP contribution is 2.37. The fraction of sp³-hybridized carbons (Fsp3) is 0.143. The van der Waals surface area contributed by atoms with Crippen LogP contribution in [0.4, 0.5) is 34.1 Å². The van der Waals surface area contributed by atoms with Crippen LogP contribution >= 0.6 is 0 Å². The van der Waals surface area contributed by atoms with E-state index in [0.717, 1.165) is 80.7 Å². The maximum Gasteiger partial charge on any atom is 0.302 e. The van der Waals surface area contributed by atoms with Gasteiger partial charge in [-0.05, 0) is 139 Å². The lowest BCUT2D eigenvalue weighted by atomic mass is 10.1. The third-order valence-electron chi connectivity index (χ3n) is 10.1. The maximum absolute atomic E-state index is 10.4. The van der Waals surface area contributed by atoms with Gasteiger partial charge in [-0.25, -0.2) is 0 Å². The van der Waals surface area contributed by atoms with Crippen LogP contribution in [0, 0.1) is 0 Å². The smallest absolute Gasteiger partial charge is 0.302 e. The highest BCUT2D eigenvalue weighted by atomic mass is 16.5. The molecule has 0 saturated heterocycles.